The van der Waals surface area contributed by atoms with Crippen molar-refractivity contribution in [1.82, 2.24) is 4.90 Å². The highest BCUT2D eigenvalue weighted by Gasteiger charge is 2.63. The number of amides is 3. The van der Waals surface area contributed by atoms with Gasteiger partial charge in [-0.15, -0.1) is 0 Å². The maximum atomic E-state index is 14.4. The molecule has 0 aromatic heterocycles. The Bertz CT molecular complexity index is 1530. The number of benzene rings is 4. The number of anilines is 1. The summed E-state index contributed by atoms with van der Waals surface area (Å²) in [7, 11) is 1.54. The Kier molecular flexibility index (Phi) is 5.77. The molecule has 1 saturated heterocycles. The first-order valence-corrected chi connectivity index (χ1v) is 13.6. The Morgan fingerprint density at radius 1 is 0.725 bits per heavy atom. The van der Waals surface area contributed by atoms with Gasteiger partial charge < -0.3 is 10.1 Å². The second-order valence-corrected chi connectivity index (χ2v) is 10.7. The lowest BCUT2D eigenvalue weighted by atomic mass is 9.55. The number of imide groups is 1. The lowest BCUT2D eigenvalue weighted by molar-refractivity contribution is -0.146. The maximum absolute atomic E-state index is 14.4. The number of hydrogen-bond donors (Lipinski definition) is 1. The summed E-state index contributed by atoms with van der Waals surface area (Å²) in [5.41, 5.74) is 5.78. The van der Waals surface area contributed by atoms with E-state index in [0.29, 0.717) is 11.4 Å². The van der Waals surface area contributed by atoms with Gasteiger partial charge in [-0.25, -0.2) is 0 Å². The van der Waals surface area contributed by atoms with Crippen molar-refractivity contribution in [2.75, 3.05) is 12.4 Å². The first-order chi connectivity index (χ1) is 19.6. The number of ether oxygens (including phenoxy) is 1. The average molecular weight is 529 g/mol. The van der Waals surface area contributed by atoms with Crippen molar-refractivity contribution in [1.29, 1.82) is 0 Å². The van der Waals surface area contributed by atoms with Gasteiger partial charge >= 0.3 is 0 Å². The number of carbonyl (C=O) groups is 3. The number of nitrogens with zero attached hydrogens (tertiary/aromatic N) is 1. The number of rotatable bonds is 6. The second kappa shape index (κ2) is 9.49. The highest BCUT2D eigenvalue weighted by atomic mass is 16.5. The van der Waals surface area contributed by atoms with Gasteiger partial charge in [-0.1, -0.05) is 91.0 Å². The van der Waals surface area contributed by atoms with Crippen LogP contribution in [0.5, 0.6) is 5.75 Å². The minimum Gasteiger partial charge on any atom is -0.495 e. The molecule has 1 aliphatic heterocycles. The molecule has 4 aromatic rings. The van der Waals surface area contributed by atoms with Crippen LogP contribution in [0.15, 0.2) is 103 Å². The van der Waals surface area contributed by atoms with Gasteiger partial charge in [0.05, 0.1) is 24.6 Å². The third-order valence-corrected chi connectivity index (χ3v) is 8.73. The fourth-order valence-electron chi connectivity index (χ4n) is 7.11. The second-order valence-electron chi connectivity index (χ2n) is 10.7. The summed E-state index contributed by atoms with van der Waals surface area (Å²) >= 11 is 0. The molecule has 3 aliphatic carbocycles. The van der Waals surface area contributed by atoms with Crippen LogP contribution in [-0.2, 0) is 20.8 Å². The molecule has 8 rings (SSSR count). The fourth-order valence-corrected chi connectivity index (χ4v) is 7.11. The first-order valence-electron chi connectivity index (χ1n) is 13.6. The summed E-state index contributed by atoms with van der Waals surface area (Å²) in [5, 5.41) is 2.94. The molecule has 6 heteroatoms. The van der Waals surface area contributed by atoms with Gasteiger partial charge in [0.15, 0.2) is 0 Å². The predicted molar refractivity (Wildman–Crippen MR) is 151 cm³/mol. The fraction of sp³-hybridized carbons (Fsp3) is 0.206. The summed E-state index contributed by atoms with van der Waals surface area (Å²) in [4.78, 5) is 44.0. The lowest BCUT2D eigenvalue weighted by Crippen LogP contribution is -2.49. The zero-order valence-corrected chi connectivity index (χ0v) is 22.0. The Morgan fingerprint density at radius 3 is 1.73 bits per heavy atom. The highest BCUT2D eigenvalue weighted by molar-refractivity contribution is 6.12. The number of carbonyl (C=O) groups excluding carboxylic acids is 3. The minimum absolute atomic E-state index is 0.216. The van der Waals surface area contributed by atoms with E-state index in [9.17, 15) is 14.4 Å². The lowest BCUT2D eigenvalue weighted by Gasteiger charge is -2.45. The van der Waals surface area contributed by atoms with E-state index in [2.05, 4.69) is 29.6 Å². The van der Waals surface area contributed by atoms with E-state index in [1.54, 1.807) is 18.2 Å². The van der Waals surface area contributed by atoms with Crippen LogP contribution in [-0.4, -0.2) is 35.8 Å². The zero-order chi connectivity index (χ0) is 27.4. The van der Waals surface area contributed by atoms with E-state index in [0.717, 1.165) is 27.8 Å². The monoisotopic (exact) mass is 528 g/mol. The van der Waals surface area contributed by atoms with Crippen molar-refractivity contribution >= 4 is 23.4 Å². The van der Waals surface area contributed by atoms with Gasteiger partial charge in [0.25, 0.3) is 0 Å². The van der Waals surface area contributed by atoms with Crippen molar-refractivity contribution in [2.45, 2.75) is 24.3 Å². The summed E-state index contributed by atoms with van der Waals surface area (Å²) in [6.07, 6.45) is 0.216. The van der Waals surface area contributed by atoms with Crippen LogP contribution in [0.1, 0.15) is 39.7 Å². The van der Waals surface area contributed by atoms with Crippen LogP contribution in [0, 0.1) is 11.8 Å². The van der Waals surface area contributed by atoms with Crippen molar-refractivity contribution in [3.8, 4) is 5.75 Å². The van der Waals surface area contributed by atoms with E-state index in [4.69, 9.17) is 4.74 Å². The van der Waals surface area contributed by atoms with Crippen LogP contribution in [0.25, 0.3) is 0 Å². The highest BCUT2D eigenvalue weighted by Crippen LogP contribution is 2.61. The SMILES string of the molecule is COc1ccccc1NC(=O)[C@@H](Cc1ccccc1)N1C(=O)[C@@H]2C3c4ccccc4C(c4ccccc43)[C@@H]2C1=O. The Hall–Kier alpha value is -4.71. The molecule has 1 fully saturated rings. The molecule has 4 aliphatic rings. The Balaban J connectivity index is 1.31. The van der Waals surface area contributed by atoms with Gasteiger partial charge in [-0.3, -0.25) is 19.3 Å². The molecule has 0 unspecified atom stereocenters. The van der Waals surface area contributed by atoms with E-state index in [1.165, 1.54) is 12.0 Å². The Labute approximate surface area is 232 Å². The van der Waals surface area contributed by atoms with Crippen LogP contribution in [0.4, 0.5) is 5.69 Å². The topological polar surface area (TPSA) is 75.7 Å². The van der Waals surface area contributed by atoms with Gasteiger partial charge in [0.1, 0.15) is 11.8 Å². The van der Waals surface area contributed by atoms with Crippen LogP contribution in [0.3, 0.4) is 0 Å². The van der Waals surface area contributed by atoms with E-state index < -0.39 is 23.8 Å². The predicted octanol–water partition coefficient (Wildman–Crippen LogP) is 5.14. The van der Waals surface area contributed by atoms with Crippen molar-refractivity contribution in [3.05, 3.63) is 131 Å². The summed E-state index contributed by atoms with van der Waals surface area (Å²) < 4.78 is 5.43. The van der Waals surface area contributed by atoms with Gasteiger partial charge in [-0.05, 0) is 39.9 Å². The van der Waals surface area contributed by atoms with Crippen LogP contribution >= 0.6 is 0 Å². The summed E-state index contributed by atoms with van der Waals surface area (Å²) in [5.74, 6) is -1.99. The number of methoxy groups -OCH3 is 1. The molecule has 0 spiro atoms. The number of likely N-dealkylation sites (tertiary alicyclic amines) is 1. The van der Waals surface area contributed by atoms with E-state index in [-0.39, 0.29) is 30.1 Å². The first kappa shape index (κ1) is 24.3. The van der Waals surface area contributed by atoms with Crippen LogP contribution < -0.4 is 10.1 Å². The number of nitrogens with one attached hydrogen (secondary N) is 1. The molecule has 3 amide bonds. The molecule has 1 N–H and O–H groups in total. The average Bonchev–Trinajstić information content (AvgIpc) is 3.26. The molecule has 198 valence electrons. The zero-order valence-electron chi connectivity index (χ0n) is 22.0. The Morgan fingerprint density at radius 2 is 1.20 bits per heavy atom. The van der Waals surface area contributed by atoms with Crippen molar-refractivity contribution in [3.63, 3.8) is 0 Å². The molecule has 3 atom stereocenters. The standard InChI is InChI=1S/C34H28N2O4/c1-40-27-18-10-9-17-25(27)35-32(37)26(19-20-11-3-2-4-12-20)36-33(38)30-28-21-13-5-6-14-22(21)29(31(30)34(36)39)24-16-8-7-15-23(24)28/h2-18,26,28-31H,19H2,1H3,(H,35,37)/t26-,28?,29?,30-,31+/m1/s1. The van der Waals surface area contributed by atoms with Gasteiger partial charge in [0.2, 0.25) is 17.7 Å². The molecular weight excluding hydrogens is 500 g/mol. The van der Waals surface area contributed by atoms with E-state index >= 15 is 0 Å². The summed E-state index contributed by atoms with van der Waals surface area (Å²) in [6, 6.07) is 31.9. The molecule has 4 aromatic carbocycles. The number of para-hydroxylation sites is 2. The van der Waals surface area contributed by atoms with Crippen molar-refractivity contribution < 1.29 is 19.1 Å². The molecule has 1 heterocycles. The van der Waals surface area contributed by atoms with E-state index in [1.807, 2.05) is 60.7 Å². The summed E-state index contributed by atoms with van der Waals surface area (Å²) in [6.45, 7) is 0. The maximum Gasteiger partial charge on any atom is 0.248 e. The molecule has 2 bridgehead atoms. The molecular formula is C34H28N2O4. The normalized spacial score (nSPS) is 22.8. The smallest absolute Gasteiger partial charge is 0.248 e. The third-order valence-electron chi connectivity index (χ3n) is 8.73. The number of hydrogen-bond acceptors (Lipinski definition) is 4. The third kappa shape index (κ3) is 3.59. The molecule has 6 nitrogen and oxygen atoms in total. The minimum atomic E-state index is -1.01. The molecule has 40 heavy (non-hydrogen) atoms. The molecule has 0 saturated carbocycles. The van der Waals surface area contributed by atoms with Crippen molar-refractivity contribution in [2.24, 2.45) is 11.8 Å². The van der Waals surface area contributed by atoms with Crippen LogP contribution in [0.2, 0.25) is 0 Å². The molecule has 0 radical (unpaired) electrons. The van der Waals surface area contributed by atoms with Gasteiger partial charge in [0, 0.05) is 18.3 Å². The quantitative estimate of drug-likeness (QED) is 0.352. The van der Waals surface area contributed by atoms with Gasteiger partial charge in [-0.2, -0.15) is 0 Å². The largest absolute Gasteiger partial charge is 0.495 e.